The van der Waals surface area contributed by atoms with Crippen LogP contribution in [0.15, 0.2) is 30.5 Å². The fraction of sp³-hybridized carbons (Fsp3) is 0.250. The van der Waals surface area contributed by atoms with Crippen molar-refractivity contribution in [1.82, 2.24) is 0 Å². The smallest absolute Gasteiger partial charge is 0.231 e. The molecule has 0 amide bonds. The molecule has 0 atom stereocenters. The minimum atomic E-state index is 0.280. The van der Waals surface area contributed by atoms with Gasteiger partial charge in [0.1, 0.15) is 5.02 Å². The number of rotatable bonds is 2. The van der Waals surface area contributed by atoms with Crippen LogP contribution in [0.25, 0.3) is 22.0 Å². The minimum Gasteiger partial charge on any atom is -0.493 e. The second-order valence-electron chi connectivity index (χ2n) is 6.39. The van der Waals surface area contributed by atoms with Crippen LogP contribution in [0.3, 0.4) is 0 Å². The third kappa shape index (κ3) is 2.13. The van der Waals surface area contributed by atoms with E-state index in [2.05, 4.69) is 29.0 Å². The maximum atomic E-state index is 6.59. The summed E-state index contributed by atoms with van der Waals surface area (Å²) >= 11 is 6.59. The molecule has 0 aliphatic carbocycles. The van der Waals surface area contributed by atoms with Crippen LogP contribution in [-0.2, 0) is 13.0 Å². The van der Waals surface area contributed by atoms with Crippen molar-refractivity contribution in [3.8, 4) is 34.3 Å². The molecule has 5 rings (SSSR count). The van der Waals surface area contributed by atoms with Crippen molar-refractivity contribution in [2.24, 2.45) is 0 Å². The first-order valence-corrected chi connectivity index (χ1v) is 8.78. The molecule has 0 radical (unpaired) electrons. The maximum Gasteiger partial charge on any atom is 0.231 e. The summed E-state index contributed by atoms with van der Waals surface area (Å²) in [6, 6.07) is 8.26. The molecule has 0 bridgehead atoms. The van der Waals surface area contributed by atoms with Gasteiger partial charge in [-0.2, -0.15) is 4.57 Å². The van der Waals surface area contributed by atoms with Crippen LogP contribution in [0.1, 0.15) is 5.56 Å². The van der Waals surface area contributed by atoms with E-state index in [4.69, 9.17) is 30.5 Å². The quantitative estimate of drug-likeness (QED) is 0.644. The molecule has 6 heteroatoms. The molecule has 0 spiro atoms. The molecule has 3 aromatic rings. The van der Waals surface area contributed by atoms with Crippen molar-refractivity contribution in [3.05, 3.63) is 41.0 Å². The topological polar surface area (TPSA) is 40.8 Å². The van der Waals surface area contributed by atoms with Crippen molar-refractivity contribution in [2.75, 3.05) is 21.0 Å². The van der Waals surface area contributed by atoms with Gasteiger partial charge >= 0.3 is 0 Å². The van der Waals surface area contributed by atoms with Crippen molar-refractivity contribution < 1.29 is 23.5 Å². The number of aryl methyl sites for hydroxylation is 2. The number of hydrogen-bond donors (Lipinski definition) is 0. The SMILES string of the molecule is COc1cc2cc3[n+](cc2c(Cl)c1OC)CCc1cc2c(cc1-3)OCO2. The van der Waals surface area contributed by atoms with E-state index in [1.807, 2.05) is 6.07 Å². The van der Waals surface area contributed by atoms with E-state index in [1.54, 1.807) is 14.2 Å². The van der Waals surface area contributed by atoms with E-state index in [-0.39, 0.29) is 6.79 Å². The van der Waals surface area contributed by atoms with Crippen LogP contribution in [0.4, 0.5) is 0 Å². The van der Waals surface area contributed by atoms with Gasteiger partial charge in [0, 0.05) is 12.5 Å². The van der Waals surface area contributed by atoms with Crippen LogP contribution < -0.4 is 23.5 Å². The first-order valence-electron chi connectivity index (χ1n) is 8.40. The van der Waals surface area contributed by atoms with Crippen molar-refractivity contribution >= 4 is 22.4 Å². The molecule has 0 saturated heterocycles. The highest BCUT2D eigenvalue weighted by atomic mass is 35.5. The highest BCUT2D eigenvalue weighted by Gasteiger charge is 2.28. The fourth-order valence-electron chi connectivity index (χ4n) is 3.78. The molecular weight excluding hydrogens is 354 g/mol. The molecule has 5 nitrogen and oxygen atoms in total. The molecule has 0 saturated carbocycles. The zero-order valence-electron chi connectivity index (χ0n) is 14.5. The number of halogens is 1. The highest BCUT2D eigenvalue weighted by molar-refractivity contribution is 6.37. The van der Waals surface area contributed by atoms with Crippen LogP contribution in [0, 0.1) is 0 Å². The molecule has 2 aliphatic rings. The lowest BCUT2D eigenvalue weighted by molar-refractivity contribution is -0.686. The van der Waals surface area contributed by atoms with Crippen molar-refractivity contribution in [1.29, 1.82) is 0 Å². The molecule has 132 valence electrons. The Bertz CT molecular complexity index is 1060. The minimum absolute atomic E-state index is 0.280. The first-order chi connectivity index (χ1) is 12.7. The molecule has 3 heterocycles. The lowest BCUT2D eigenvalue weighted by atomic mass is 9.95. The number of benzene rings is 2. The third-order valence-corrected chi connectivity index (χ3v) is 5.44. The summed E-state index contributed by atoms with van der Waals surface area (Å²) in [7, 11) is 3.21. The zero-order chi connectivity index (χ0) is 17.8. The zero-order valence-corrected chi connectivity index (χ0v) is 15.2. The molecule has 1 aromatic heterocycles. The van der Waals surface area contributed by atoms with E-state index >= 15 is 0 Å². The summed E-state index contributed by atoms with van der Waals surface area (Å²) in [4.78, 5) is 0. The van der Waals surface area contributed by atoms with Gasteiger partial charge < -0.3 is 18.9 Å². The summed E-state index contributed by atoms with van der Waals surface area (Å²) in [5, 5.41) is 2.51. The molecule has 2 aromatic carbocycles. The number of pyridine rings is 1. The van der Waals surface area contributed by atoms with Gasteiger partial charge in [-0.15, -0.1) is 0 Å². The number of aromatic nitrogens is 1. The van der Waals surface area contributed by atoms with Gasteiger partial charge in [-0.3, -0.25) is 0 Å². The third-order valence-electron chi connectivity index (χ3n) is 5.06. The molecule has 0 fully saturated rings. The van der Waals surface area contributed by atoms with E-state index in [1.165, 1.54) is 5.56 Å². The first kappa shape index (κ1) is 15.6. The van der Waals surface area contributed by atoms with Gasteiger partial charge in [0.25, 0.3) is 0 Å². The van der Waals surface area contributed by atoms with E-state index in [0.29, 0.717) is 16.5 Å². The van der Waals surface area contributed by atoms with Gasteiger partial charge in [-0.05, 0) is 29.1 Å². The van der Waals surface area contributed by atoms with Gasteiger partial charge in [0.05, 0.1) is 25.2 Å². The standard InChI is InChI=1S/C20H17ClNO4/c1-23-18-7-12-5-15-13-8-17-16(25-10-26-17)6-11(13)3-4-22(15)9-14(12)19(21)20(18)24-2/h5-9H,3-4,10H2,1-2H3/q+1. The predicted molar refractivity (Wildman–Crippen MR) is 97.5 cm³/mol. The second kappa shape index (κ2) is 5.68. The summed E-state index contributed by atoms with van der Waals surface area (Å²) in [6.45, 7) is 1.16. The number of ether oxygens (including phenoxy) is 4. The Morgan fingerprint density at radius 2 is 1.85 bits per heavy atom. The lowest BCUT2D eigenvalue weighted by Gasteiger charge is -2.17. The van der Waals surface area contributed by atoms with Crippen LogP contribution in [-0.4, -0.2) is 21.0 Å². The number of methoxy groups -OCH3 is 2. The molecular formula is C20H17ClNO4+. The molecule has 2 aliphatic heterocycles. The van der Waals surface area contributed by atoms with Gasteiger partial charge in [-0.25, -0.2) is 0 Å². The molecule has 0 N–H and O–H groups in total. The average molecular weight is 371 g/mol. The fourth-order valence-corrected chi connectivity index (χ4v) is 4.11. The van der Waals surface area contributed by atoms with Gasteiger partial charge in [0.2, 0.25) is 12.5 Å². The molecule has 26 heavy (non-hydrogen) atoms. The predicted octanol–water partition coefficient (Wildman–Crippen LogP) is 3.75. The van der Waals surface area contributed by atoms with Gasteiger partial charge in [0.15, 0.2) is 35.7 Å². The van der Waals surface area contributed by atoms with Crippen LogP contribution in [0.5, 0.6) is 23.0 Å². The molecule has 0 unspecified atom stereocenters. The average Bonchev–Trinajstić information content (AvgIpc) is 3.12. The normalized spacial score (nSPS) is 14.1. The van der Waals surface area contributed by atoms with Crippen molar-refractivity contribution in [3.63, 3.8) is 0 Å². The van der Waals surface area contributed by atoms with Gasteiger partial charge in [-0.1, -0.05) is 11.6 Å². The Labute approximate surface area is 155 Å². The summed E-state index contributed by atoms with van der Waals surface area (Å²) < 4.78 is 24.2. The maximum absolute atomic E-state index is 6.59. The summed E-state index contributed by atoms with van der Waals surface area (Å²) in [5.74, 6) is 2.80. The second-order valence-corrected chi connectivity index (χ2v) is 6.77. The van der Waals surface area contributed by atoms with E-state index < -0.39 is 0 Å². The Kier molecular flexibility index (Phi) is 3.40. The number of fused-ring (bicyclic) bond motifs is 5. The summed E-state index contributed by atoms with van der Waals surface area (Å²) in [6.07, 6.45) is 3.02. The Hall–Kier alpha value is -2.66. The van der Waals surface area contributed by atoms with Crippen LogP contribution in [0.2, 0.25) is 5.02 Å². The highest BCUT2D eigenvalue weighted by Crippen LogP contribution is 2.43. The largest absolute Gasteiger partial charge is 0.493 e. The Morgan fingerprint density at radius 1 is 1.04 bits per heavy atom. The Morgan fingerprint density at radius 3 is 2.62 bits per heavy atom. The van der Waals surface area contributed by atoms with Crippen LogP contribution >= 0.6 is 11.6 Å². The summed E-state index contributed by atoms with van der Waals surface area (Å²) in [5.41, 5.74) is 3.55. The monoisotopic (exact) mass is 370 g/mol. The number of hydrogen-bond acceptors (Lipinski definition) is 4. The van der Waals surface area contributed by atoms with E-state index in [9.17, 15) is 0 Å². The van der Waals surface area contributed by atoms with E-state index in [0.717, 1.165) is 46.5 Å². The number of nitrogens with zero attached hydrogens (tertiary/aromatic N) is 1. The Balaban J connectivity index is 1.77. The van der Waals surface area contributed by atoms with Crippen molar-refractivity contribution in [2.45, 2.75) is 13.0 Å². The lowest BCUT2D eigenvalue weighted by Crippen LogP contribution is -2.40.